The first-order chi connectivity index (χ1) is 15.3. The molecule has 0 amide bonds. The van der Waals surface area contributed by atoms with Gasteiger partial charge in [0.05, 0.1) is 13.2 Å². The molecule has 0 saturated heterocycles. The molecular formula is C27H39NO5. The molecule has 0 spiro atoms. The number of benzene rings is 2. The Morgan fingerprint density at radius 3 is 2.00 bits per heavy atom. The highest BCUT2D eigenvalue weighted by atomic mass is 16.5. The van der Waals surface area contributed by atoms with Crippen LogP contribution < -0.4 is 10.1 Å². The van der Waals surface area contributed by atoms with Gasteiger partial charge >= 0.3 is 5.97 Å². The van der Waals surface area contributed by atoms with Crippen molar-refractivity contribution in [3.8, 4) is 17.2 Å². The van der Waals surface area contributed by atoms with Gasteiger partial charge in [0.2, 0.25) is 0 Å². The number of rotatable bonds is 8. The lowest BCUT2D eigenvalue weighted by molar-refractivity contribution is -0.145. The fourth-order valence-electron chi connectivity index (χ4n) is 3.69. The van der Waals surface area contributed by atoms with Crippen molar-refractivity contribution >= 4 is 5.97 Å². The number of ether oxygens (including phenoxy) is 2. The number of hydrogen-bond acceptors (Lipinski definition) is 6. The molecular weight excluding hydrogens is 418 g/mol. The average molecular weight is 458 g/mol. The van der Waals surface area contributed by atoms with Crippen LogP contribution in [0.15, 0.2) is 30.3 Å². The fraction of sp³-hybridized carbons (Fsp3) is 0.519. The second-order valence-electron chi connectivity index (χ2n) is 10.3. The van der Waals surface area contributed by atoms with Crippen LogP contribution in [0.5, 0.6) is 17.2 Å². The van der Waals surface area contributed by atoms with Gasteiger partial charge in [0.25, 0.3) is 0 Å². The lowest BCUT2D eigenvalue weighted by atomic mass is 9.77. The number of aromatic hydroxyl groups is 2. The van der Waals surface area contributed by atoms with Gasteiger partial charge in [0.1, 0.15) is 11.8 Å². The molecule has 6 nitrogen and oxygen atoms in total. The van der Waals surface area contributed by atoms with E-state index >= 15 is 0 Å². The maximum Gasteiger partial charge on any atom is 0.327 e. The van der Waals surface area contributed by atoms with Crippen LogP contribution in [0, 0.1) is 0 Å². The molecule has 0 aliphatic rings. The number of phenols is 2. The van der Waals surface area contributed by atoms with Crippen LogP contribution in [-0.4, -0.2) is 29.4 Å². The lowest BCUT2D eigenvalue weighted by Gasteiger charge is -2.29. The summed E-state index contributed by atoms with van der Waals surface area (Å²) in [5, 5.41) is 24.3. The highest BCUT2D eigenvalue weighted by Gasteiger charge is 2.30. The molecule has 0 aliphatic carbocycles. The van der Waals surface area contributed by atoms with Gasteiger partial charge in [-0.15, -0.1) is 0 Å². The summed E-state index contributed by atoms with van der Waals surface area (Å²) in [6.07, 6.45) is 0. The summed E-state index contributed by atoms with van der Waals surface area (Å²) >= 11 is 0. The molecule has 6 heteroatoms. The van der Waals surface area contributed by atoms with E-state index < -0.39 is 6.04 Å². The predicted octanol–water partition coefficient (Wildman–Crippen LogP) is 5.49. The van der Waals surface area contributed by atoms with Crippen molar-refractivity contribution in [3.05, 3.63) is 52.6 Å². The Bertz CT molecular complexity index is 934. The largest absolute Gasteiger partial charge is 0.507 e. The standard InChI is InChI=1S/C27H39NO5/c1-9-32-22-13-17(11-12-21(22)29)16-28-23(25(31)33-10-2)18-14-19(26(3,4)5)24(30)20(15-18)27(6,7)8/h11-15,23,28-30H,9-10,16H2,1-8H3. The average Bonchev–Trinajstić information content (AvgIpc) is 2.70. The van der Waals surface area contributed by atoms with E-state index in [4.69, 9.17) is 9.47 Å². The molecule has 33 heavy (non-hydrogen) atoms. The van der Waals surface area contributed by atoms with Gasteiger partial charge < -0.3 is 19.7 Å². The first-order valence-corrected chi connectivity index (χ1v) is 11.5. The minimum Gasteiger partial charge on any atom is -0.507 e. The normalized spacial score (nSPS) is 13.0. The van der Waals surface area contributed by atoms with Gasteiger partial charge in [-0.05, 0) is 71.2 Å². The molecule has 0 saturated carbocycles. The minimum atomic E-state index is -0.725. The summed E-state index contributed by atoms with van der Waals surface area (Å²) in [6.45, 7) is 16.9. The number of phenolic OH excluding ortho intramolecular Hbond substituents is 2. The van der Waals surface area contributed by atoms with Gasteiger partial charge in [0, 0.05) is 6.54 Å². The molecule has 1 unspecified atom stereocenters. The van der Waals surface area contributed by atoms with E-state index in [1.807, 2.05) is 60.6 Å². The van der Waals surface area contributed by atoms with Crippen molar-refractivity contribution in [2.45, 2.75) is 78.8 Å². The minimum absolute atomic E-state index is 0.0747. The van der Waals surface area contributed by atoms with E-state index in [1.54, 1.807) is 25.1 Å². The Hall–Kier alpha value is -2.73. The predicted molar refractivity (Wildman–Crippen MR) is 131 cm³/mol. The SMILES string of the molecule is CCOC(=O)C(NCc1ccc(O)c(OCC)c1)c1cc(C(C)(C)C)c(O)c(C(C)(C)C)c1. The molecule has 2 aromatic carbocycles. The van der Waals surface area contributed by atoms with Crippen molar-refractivity contribution < 1.29 is 24.5 Å². The highest BCUT2D eigenvalue weighted by Crippen LogP contribution is 2.41. The highest BCUT2D eigenvalue weighted by molar-refractivity contribution is 5.78. The lowest BCUT2D eigenvalue weighted by Crippen LogP contribution is -2.31. The maximum atomic E-state index is 13.0. The smallest absolute Gasteiger partial charge is 0.327 e. The summed E-state index contributed by atoms with van der Waals surface area (Å²) in [5.74, 6) is 0.359. The summed E-state index contributed by atoms with van der Waals surface area (Å²) in [5.41, 5.74) is 2.53. The van der Waals surface area contributed by atoms with E-state index in [9.17, 15) is 15.0 Å². The number of nitrogens with one attached hydrogen (secondary N) is 1. The van der Waals surface area contributed by atoms with Crippen LogP contribution in [0.25, 0.3) is 0 Å². The summed E-state index contributed by atoms with van der Waals surface area (Å²) in [4.78, 5) is 13.0. The van der Waals surface area contributed by atoms with E-state index in [1.165, 1.54) is 0 Å². The molecule has 2 aromatic rings. The molecule has 2 rings (SSSR count). The van der Waals surface area contributed by atoms with Crippen LogP contribution in [0.1, 0.15) is 83.7 Å². The van der Waals surface area contributed by atoms with Gasteiger partial charge in [-0.1, -0.05) is 47.6 Å². The van der Waals surface area contributed by atoms with Crippen molar-refractivity contribution in [3.63, 3.8) is 0 Å². The van der Waals surface area contributed by atoms with Crippen LogP contribution in [0.4, 0.5) is 0 Å². The van der Waals surface area contributed by atoms with E-state index in [0.717, 1.165) is 22.3 Å². The van der Waals surface area contributed by atoms with Gasteiger partial charge in [-0.25, -0.2) is 4.79 Å². The summed E-state index contributed by atoms with van der Waals surface area (Å²) < 4.78 is 10.9. The quantitative estimate of drug-likeness (QED) is 0.455. The zero-order chi connectivity index (χ0) is 25.0. The summed E-state index contributed by atoms with van der Waals surface area (Å²) in [6, 6.07) is 8.18. The molecule has 0 fully saturated rings. The van der Waals surface area contributed by atoms with Gasteiger partial charge in [0.15, 0.2) is 11.5 Å². The van der Waals surface area contributed by atoms with Crippen molar-refractivity contribution in [2.75, 3.05) is 13.2 Å². The Morgan fingerprint density at radius 1 is 0.939 bits per heavy atom. The Balaban J connectivity index is 2.52. The number of carbonyl (C=O) groups excluding carboxylic acids is 1. The second kappa shape index (κ2) is 10.5. The number of hydrogen-bond donors (Lipinski definition) is 3. The number of esters is 1. The van der Waals surface area contributed by atoms with Crippen LogP contribution >= 0.6 is 0 Å². The first kappa shape index (κ1) is 26.5. The first-order valence-electron chi connectivity index (χ1n) is 11.5. The molecule has 182 valence electrons. The van der Waals surface area contributed by atoms with Crippen LogP contribution in [-0.2, 0) is 26.9 Å². The molecule has 0 bridgehead atoms. The Morgan fingerprint density at radius 2 is 1.52 bits per heavy atom. The van der Waals surface area contributed by atoms with Crippen molar-refractivity contribution in [2.24, 2.45) is 0 Å². The molecule has 0 heterocycles. The van der Waals surface area contributed by atoms with Gasteiger partial charge in [-0.2, -0.15) is 0 Å². The monoisotopic (exact) mass is 457 g/mol. The number of carbonyl (C=O) groups is 1. The second-order valence-corrected chi connectivity index (χ2v) is 10.3. The third-order valence-corrected chi connectivity index (χ3v) is 5.44. The van der Waals surface area contributed by atoms with Crippen molar-refractivity contribution in [1.29, 1.82) is 0 Å². The Labute approximate surface area is 197 Å². The molecule has 0 radical (unpaired) electrons. The van der Waals surface area contributed by atoms with E-state index in [2.05, 4.69) is 5.32 Å². The van der Waals surface area contributed by atoms with Crippen LogP contribution in [0.3, 0.4) is 0 Å². The van der Waals surface area contributed by atoms with Gasteiger partial charge in [-0.3, -0.25) is 5.32 Å². The molecule has 3 N–H and O–H groups in total. The van der Waals surface area contributed by atoms with Crippen LogP contribution in [0.2, 0.25) is 0 Å². The molecule has 1 atom stereocenters. The van der Waals surface area contributed by atoms with Crippen molar-refractivity contribution in [1.82, 2.24) is 5.32 Å². The zero-order valence-electron chi connectivity index (χ0n) is 21.2. The third-order valence-electron chi connectivity index (χ3n) is 5.44. The van der Waals surface area contributed by atoms with E-state index in [0.29, 0.717) is 18.9 Å². The molecule has 0 aromatic heterocycles. The topological polar surface area (TPSA) is 88.0 Å². The third kappa shape index (κ3) is 6.64. The van der Waals surface area contributed by atoms with E-state index in [-0.39, 0.29) is 34.9 Å². The summed E-state index contributed by atoms with van der Waals surface area (Å²) in [7, 11) is 0. The molecule has 0 aliphatic heterocycles. The maximum absolute atomic E-state index is 13.0. The zero-order valence-corrected chi connectivity index (χ0v) is 21.2. The Kier molecular flexibility index (Phi) is 8.41. The fourth-order valence-corrected chi connectivity index (χ4v) is 3.69.